The minimum absolute atomic E-state index is 0.0893. The van der Waals surface area contributed by atoms with E-state index in [1.807, 2.05) is 0 Å². The normalized spacial score (nSPS) is 27.7. The smallest absolute Gasteiger partial charge is 0.217 e. The van der Waals surface area contributed by atoms with Gasteiger partial charge in [0.1, 0.15) is 0 Å². The van der Waals surface area contributed by atoms with Crippen LogP contribution >= 0.6 is 0 Å². The fraction of sp³-hybridized carbons (Fsp3) is 0.909. The number of rotatable bonds is 2. The van der Waals surface area contributed by atoms with Crippen LogP contribution in [0.2, 0.25) is 0 Å². The summed E-state index contributed by atoms with van der Waals surface area (Å²) in [5, 5.41) is 6.55. The molecule has 3 heteroatoms. The van der Waals surface area contributed by atoms with Gasteiger partial charge >= 0.3 is 0 Å². The molecule has 0 saturated heterocycles. The number of hydrogen-bond donors (Lipinski definition) is 2. The Bertz CT molecular complexity index is 208. The summed E-state index contributed by atoms with van der Waals surface area (Å²) in [6, 6.07) is 0.944. The first-order valence-electron chi connectivity index (χ1n) is 5.41. The first-order valence-corrected chi connectivity index (χ1v) is 5.41. The third-order valence-corrected chi connectivity index (χ3v) is 2.48. The maximum absolute atomic E-state index is 10.9. The summed E-state index contributed by atoms with van der Waals surface area (Å²) in [6.07, 6.45) is 3.34. The Morgan fingerprint density at radius 3 is 2.29 bits per heavy atom. The van der Waals surface area contributed by atoms with E-state index in [0.29, 0.717) is 12.1 Å². The van der Waals surface area contributed by atoms with Crippen LogP contribution < -0.4 is 10.6 Å². The monoisotopic (exact) mass is 198 g/mol. The van der Waals surface area contributed by atoms with Crippen molar-refractivity contribution in [3.05, 3.63) is 0 Å². The van der Waals surface area contributed by atoms with E-state index < -0.39 is 0 Å². The highest BCUT2D eigenvalue weighted by Gasteiger charge is 2.27. The van der Waals surface area contributed by atoms with Crippen molar-refractivity contribution in [3.8, 4) is 0 Å². The van der Waals surface area contributed by atoms with E-state index in [9.17, 15) is 4.79 Å². The van der Waals surface area contributed by atoms with E-state index in [1.165, 1.54) is 6.42 Å². The van der Waals surface area contributed by atoms with Crippen molar-refractivity contribution in [2.75, 3.05) is 0 Å². The minimum Gasteiger partial charge on any atom is -0.354 e. The lowest BCUT2D eigenvalue weighted by Crippen LogP contribution is -2.43. The van der Waals surface area contributed by atoms with Crippen molar-refractivity contribution >= 4 is 5.91 Å². The number of amides is 1. The topological polar surface area (TPSA) is 41.1 Å². The van der Waals surface area contributed by atoms with Gasteiger partial charge < -0.3 is 10.6 Å². The lowest BCUT2D eigenvalue weighted by atomic mass is 10.1. The Morgan fingerprint density at radius 1 is 1.21 bits per heavy atom. The van der Waals surface area contributed by atoms with Crippen LogP contribution in [-0.4, -0.2) is 23.5 Å². The van der Waals surface area contributed by atoms with Crippen LogP contribution in [0.25, 0.3) is 0 Å². The van der Waals surface area contributed by atoms with Crippen molar-refractivity contribution in [3.63, 3.8) is 0 Å². The molecule has 0 aromatic heterocycles. The molecule has 0 unspecified atom stereocenters. The third-order valence-electron chi connectivity index (χ3n) is 2.48. The van der Waals surface area contributed by atoms with Crippen LogP contribution in [0, 0.1) is 0 Å². The molecule has 1 saturated carbocycles. The maximum Gasteiger partial charge on any atom is 0.217 e. The Labute approximate surface area is 86.6 Å². The number of hydrogen-bond acceptors (Lipinski definition) is 2. The van der Waals surface area contributed by atoms with Gasteiger partial charge in [-0.3, -0.25) is 4.79 Å². The summed E-state index contributed by atoms with van der Waals surface area (Å²) in [7, 11) is 0. The second kappa shape index (κ2) is 4.30. The van der Waals surface area contributed by atoms with Crippen LogP contribution in [-0.2, 0) is 4.79 Å². The molecule has 0 spiro atoms. The van der Waals surface area contributed by atoms with E-state index in [4.69, 9.17) is 0 Å². The zero-order valence-corrected chi connectivity index (χ0v) is 9.68. The van der Waals surface area contributed by atoms with E-state index in [0.717, 1.165) is 12.8 Å². The largest absolute Gasteiger partial charge is 0.354 e. The lowest BCUT2D eigenvalue weighted by molar-refractivity contribution is -0.119. The van der Waals surface area contributed by atoms with Crippen molar-refractivity contribution < 1.29 is 4.79 Å². The highest BCUT2D eigenvalue weighted by molar-refractivity contribution is 5.73. The van der Waals surface area contributed by atoms with Gasteiger partial charge in [-0.05, 0) is 40.0 Å². The highest BCUT2D eigenvalue weighted by atomic mass is 16.1. The zero-order valence-electron chi connectivity index (χ0n) is 9.68. The summed E-state index contributed by atoms with van der Waals surface area (Å²) in [5.74, 6) is 0.0893. The molecule has 2 atom stereocenters. The van der Waals surface area contributed by atoms with Crippen LogP contribution in [0.15, 0.2) is 0 Å². The molecule has 2 N–H and O–H groups in total. The van der Waals surface area contributed by atoms with Crippen LogP contribution in [0.3, 0.4) is 0 Å². The van der Waals surface area contributed by atoms with Gasteiger partial charge in [-0.1, -0.05) is 0 Å². The Hall–Kier alpha value is -0.570. The average Bonchev–Trinajstić information content (AvgIpc) is 2.30. The van der Waals surface area contributed by atoms with Gasteiger partial charge in [-0.15, -0.1) is 0 Å². The van der Waals surface area contributed by atoms with Gasteiger partial charge in [0.2, 0.25) is 5.91 Å². The van der Waals surface area contributed by atoms with Gasteiger partial charge in [0, 0.05) is 24.5 Å². The van der Waals surface area contributed by atoms with Crippen molar-refractivity contribution in [2.45, 2.75) is 64.6 Å². The zero-order chi connectivity index (χ0) is 10.8. The fourth-order valence-corrected chi connectivity index (χ4v) is 2.14. The van der Waals surface area contributed by atoms with E-state index in [2.05, 4.69) is 31.4 Å². The fourth-order valence-electron chi connectivity index (χ4n) is 2.14. The molecule has 0 aromatic rings. The van der Waals surface area contributed by atoms with Gasteiger partial charge in [-0.2, -0.15) is 0 Å². The lowest BCUT2D eigenvalue weighted by Gasteiger charge is -2.25. The molecule has 0 radical (unpaired) electrons. The summed E-state index contributed by atoms with van der Waals surface area (Å²) in [6.45, 7) is 8.13. The van der Waals surface area contributed by atoms with Crippen molar-refractivity contribution in [2.24, 2.45) is 0 Å². The molecule has 3 nitrogen and oxygen atoms in total. The summed E-state index contributed by atoms with van der Waals surface area (Å²) in [5.41, 5.74) is 0.176. The van der Waals surface area contributed by atoms with Crippen LogP contribution in [0.1, 0.15) is 47.0 Å². The Morgan fingerprint density at radius 2 is 1.79 bits per heavy atom. The molecule has 1 amide bonds. The number of nitrogens with one attached hydrogen (secondary N) is 2. The summed E-state index contributed by atoms with van der Waals surface area (Å²) < 4.78 is 0. The van der Waals surface area contributed by atoms with Crippen LogP contribution in [0.4, 0.5) is 0 Å². The van der Waals surface area contributed by atoms with E-state index in [1.54, 1.807) is 6.92 Å². The molecule has 1 aliphatic carbocycles. The quantitative estimate of drug-likeness (QED) is 0.705. The molecule has 82 valence electrons. The summed E-state index contributed by atoms with van der Waals surface area (Å²) in [4.78, 5) is 10.9. The summed E-state index contributed by atoms with van der Waals surface area (Å²) >= 11 is 0. The molecule has 0 heterocycles. The molecule has 0 aliphatic heterocycles. The second-order valence-electron chi connectivity index (χ2n) is 5.30. The average molecular weight is 198 g/mol. The van der Waals surface area contributed by atoms with E-state index >= 15 is 0 Å². The minimum atomic E-state index is 0.0893. The SMILES string of the molecule is CC(=O)N[C@@H]1CC[C@H](NC(C)(C)C)C1. The molecule has 1 aliphatic rings. The molecule has 0 bridgehead atoms. The predicted molar refractivity (Wildman–Crippen MR) is 58.1 cm³/mol. The van der Waals surface area contributed by atoms with Crippen molar-refractivity contribution in [1.82, 2.24) is 10.6 Å². The predicted octanol–water partition coefficient (Wildman–Crippen LogP) is 1.43. The highest BCUT2D eigenvalue weighted by Crippen LogP contribution is 2.21. The third kappa shape index (κ3) is 4.09. The van der Waals surface area contributed by atoms with Gasteiger partial charge in [0.25, 0.3) is 0 Å². The second-order valence-corrected chi connectivity index (χ2v) is 5.30. The first kappa shape index (κ1) is 11.5. The van der Waals surface area contributed by atoms with Crippen LogP contribution in [0.5, 0.6) is 0 Å². The number of carbonyl (C=O) groups is 1. The molecule has 1 rings (SSSR count). The Balaban J connectivity index is 2.31. The van der Waals surface area contributed by atoms with Gasteiger partial charge in [-0.25, -0.2) is 0 Å². The molecular weight excluding hydrogens is 176 g/mol. The first-order chi connectivity index (χ1) is 6.37. The number of carbonyl (C=O) groups excluding carboxylic acids is 1. The molecule has 0 aromatic carbocycles. The Kier molecular flexibility index (Phi) is 3.53. The van der Waals surface area contributed by atoms with E-state index in [-0.39, 0.29) is 11.4 Å². The van der Waals surface area contributed by atoms with Crippen molar-refractivity contribution in [1.29, 1.82) is 0 Å². The molecule has 14 heavy (non-hydrogen) atoms. The maximum atomic E-state index is 10.9. The molecular formula is C11H22N2O. The van der Waals surface area contributed by atoms with Gasteiger partial charge in [0.05, 0.1) is 0 Å². The standard InChI is InChI=1S/C11H22N2O/c1-8(14)12-9-5-6-10(7-9)13-11(2,3)4/h9-10,13H,5-7H2,1-4H3,(H,12,14)/t9-,10+/m1/s1. The molecule has 1 fully saturated rings. The van der Waals surface area contributed by atoms with Gasteiger partial charge in [0.15, 0.2) is 0 Å².